The van der Waals surface area contributed by atoms with Crippen LogP contribution in [0.3, 0.4) is 0 Å². The monoisotopic (exact) mass is 518 g/mol. The minimum atomic E-state index is -1.33. The maximum atomic E-state index is 13.2. The summed E-state index contributed by atoms with van der Waals surface area (Å²) in [7, 11) is 0. The van der Waals surface area contributed by atoms with E-state index in [1.165, 1.54) is 12.1 Å². The number of fused-ring (bicyclic) bond motifs is 4. The average Bonchev–Trinajstić information content (AvgIpc) is 3.42. The summed E-state index contributed by atoms with van der Waals surface area (Å²) in [5.41, 5.74) is 4.95. The summed E-state index contributed by atoms with van der Waals surface area (Å²) >= 11 is 0. The standard InChI is InChI=1S/C31H22N2O6/c34-28-24-16-8-9-17-25(24)29(35)33(28)39-30(36)27(19-10-2-1-3-11-19)32-31(37)38-18-26-22-14-6-4-12-20(22)21-13-5-7-15-23(21)26/h1-17,26-27H,18H2,(H,32,37)/t27-/m0/s1. The van der Waals surface area contributed by atoms with Crippen molar-refractivity contribution in [2.24, 2.45) is 0 Å². The quantitative estimate of drug-likeness (QED) is 0.360. The topological polar surface area (TPSA) is 102 Å². The van der Waals surface area contributed by atoms with Gasteiger partial charge in [0, 0.05) is 5.92 Å². The minimum Gasteiger partial charge on any atom is -0.449 e. The van der Waals surface area contributed by atoms with Gasteiger partial charge in [0.15, 0.2) is 6.04 Å². The van der Waals surface area contributed by atoms with E-state index in [0.717, 1.165) is 22.3 Å². The molecule has 1 aliphatic carbocycles. The summed E-state index contributed by atoms with van der Waals surface area (Å²) in [6.07, 6.45) is -0.843. The predicted octanol–water partition coefficient (Wildman–Crippen LogP) is 5.02. The number of alkyl carbamates (subject to hydrolysis) is 1. The number of benzene rings is 4. The zero-order valence-corrected chi connectivity index (χ0v) is 20.6. The van der Waals surface area contributed by atoms with Crippen LogP contribution in [0, 0.1) is 0 Å². The molecule has 192 valence electrons. The van der Waals surface area contributed by atoms with Crippen molar-refractivity contribution in [3.05, 3.63) is 131 Å². The number of nitrogens with one attached hydrogen (secondary N) is 1. The SMILES string of the molecule is O=C(N[C@H](C(=O)ON1C(=O)c2ccccc2C1=O)c1ccccc1)OCC1c2ccccc2-c2ccccc21. The first-order valence-electron chi connectivity index (χ1n) is 12.4. The summed E-state index contributed by atoms with van der Waals surface area (Å²) in [4.78, 5) is 56.8. The first kappa shape index (κ1) is 24.1. The lowest BCUT2D eigenvalue weighted by molar-refractivity contribution is -0.171. The van der Waals surface area contributed by atoms with Gasteiger partial charge in [-0.15, -0.1) is 0 Å². The van der Waals surface area contributed by atoms with Crippen LogP contribution >= 0.6 is 0 Å². The largest absolute Gasteiger partial charge is 0.449 e. The van der Waals surface area contributed by atoms with E-state index in [4.69, 9.17) is 9.57 Å². The number of imide groups is 1. The summed E-state index contributed by atoms with van der Waals surface area (Å²) in [5.74, 6) is -2.68. The highest BCUT2D eigenvalue weighted by Gasteiger charge is 2.40. The van der Waals surface area contributed by atoms with Crippen LogP contribution in [0.1, 0.15) is 49.4 Å². The lowest BCUT2D eigenvalue weighted by Gasteiger charge is -2.21. The third-order valence-corrected chi connectivity index (χ3v) is 6.91. The zero-order chi connectivity index (χ0) is 26.9. The molecule has 8 heteroatoms. The van der Waals surface area contributed by atoms with Crippen molar-refractivity contribution in [3.63, 3.8) is 0 Å². The van der Waals surface area contributed by atoms with Gasteiger partial charge in [-0.05, 0) is 39.9 Å². The highest BCUT2D eigenvalue weighted by molar-refractivity contribution is 6.21. The van der Waals surface area contributed by atoms with Gasteiger partial charge in [0.2, 0.25) is 0 Å². The number of rotatable bonds is 6. The molecule has 0 unspecified atom stereocenters. The highest BCUT2D eigenvalue weighted by Crippen LogP contribution is 2.44. The second-order valence-corrected chi connectivity index (χ2v) is 9.17. The first-order valence-corrected chi connectivity index (χ1v) is 12.4. The van der Waals surface area contributed by atoms with Crippen LogP contribution < -0.4 is 5.32 Å². The maximum Gasteiger partial charge on any atom is 0.408 e. The summed E-state index contributed by atoms with van der Waals surface area (Å²) in [5, 5.41) is 2.96. The number of carbonyl (C=O) groups is 4. The second kappa shape index (κ2) is 9.90. The fraction of sp³-hybridized carbons (Fsp3) is 0.0968. The molecule has 6 rings (SSSR count). The zero-order valence-electron chi connectivity index (χ0n) is 20.6. The molecule has 1 N–H and O–H groups in total. The lowest BCUT2D eigenvalue weighted by atomic mass is 9.98. The van der Waals surface area contributed by atoms with E-state index < -0.39 is 29.9 Å². The van der Waals surface area contributed by atoms with Crippen LogP contribution in [-0.2, 0) is 14.4 Å². The van der Waals surface area contributed by atoms with Gasteiger partial charge in [-0.1, -0.05) is 96.1 Å². The molecule has 0 saturated carbocycles. The van der Waals surface area contributed by atoms with E-state index in [-0.39, 0.29) is 23.7 Å². The third kappa shape index (κ3) is 4.31. The molecule has 0 aromatic heterocycles. The van der Waals surface area contributed by atoms with Gasteiger partial charge >= 0.3 is 12.1 Å². The van der Waals surface area contributed by atoms with Gasteiger partial charge in [0.25, 0.3) is 11.8 Å². The van der Waals surface area contributed by atoms with Crippen molar-refractivity contribution in [1.29, 1.82) is 0 Å². The number of hydroxylamine groups is 2. The van der Waals surface area contributed by atoms with Gasteiger partial charge in [-0.3, -0.25) is 9.59 Å². The van der Waals surface area contributed by atoms with E-state index >= 15 is 0 Å². The Hall–Kier alpha value is -5.24. The van der Waals surface area contributed by atoms with Crippen molar-refractivity contribution >= 4 is 23.9 Å². The van der Waals surface area contributed by atoms with Gasteiger partial charge in [-0.2, -0.15) is 0 Å². The van der Waals surface area contributed by atoms with Crippen LogP contribution in [0.5, 0.6) is 0 Å². The molecular weight excluding hydrogens is 496 g/mol. The maximum absolute atomic E-state index is 13.2. The molecule has 39 heavy (non-hydrogen) atoms. The molecule has 4 aromatic rings. The van der Waals surface area contributed by atoms with Crippen molar-refractivity contribution in [2.45, 2.75) is 12.0 Å². The number of amides is 3. The Bertz CT molecular complexity index is 1540. The summed E-state index contributed by atoms with van der Waals surface area (Å²) < 4.78 is 5.60. The van der Waals surface area contributed by atoms with Crippen LogP contribution in [0.25, 0.3) is 11.1 Å². The normalized spacial score (nSPS) is 14.3. The molecule has 0 spiro atoms. The number of hydrogen-bond acceptors (Lipinski definition) is 6. The molecule has 2 aliphatic rings. The fourth-order valence-corrected chi connectivity index (χ4v) is 5.07. The fourth-order valence-electron chi connectivity index (χ4n) is 5.07. The van der Waals surface area contributed by atoms with Gasteiger partial charge in [0.05, 0.1) is 11.1 Å². The van der Waals surface area contributed by atoms with E-state index in [1.807, 2.05) is 48.5 Å². The smallest absolute Gasteiger partial charge is 0.408 e. The van der Waals surface area contributed by atoms with Crippen molar-refractivity contribution in [1.82, 2.24) is 10.4 Å². The molecule has 8 nitrogen and oxygen atoms in total. The molecule has 0 bridgehead atoms. The van der Waals surface area contributed by atoms with Crippen LogP contribution in [0.15, 0.2) is 103 Å². The molecule has 1 atom stereocenters. The second-order valence-electron chi connectivity index (χ2n) is 9.17. The number of ether oxygens (including phenoxy) is 1. The Morgan fingerprint density at radius 2 is 1.18 bits per heavy atom. The number of carbonyl (C=O) groups excluding carboxylic acids is 4. The molecule has 4 aromatic carbocycles. The van der Waals surface area contributed by atoms with Crippen LogP contribution in [-0.4, -0.2) is 35.5 Å². The Labute approximate surface area is 223 Å². The summed E-state index contributed by atoms with van der Waals surface area (Å²) in [6, 6.07) is 29.1. The average molecular weight is 519 g/mol. The van der Waals surface area contributed by atoms with E-state index in [0.29, 0.717) is 10.6 Å². The molecule has 1 heterocycles. The summed E-state index contributed by atoms with van der Waals surface area (Å²) in [6.45, 7) is 0.0504. The van der Waals surface area contributed by atoms with E-state index in [9.17, 15) is 19.2 Å². The van der Waals surface area contributed by atoms with Gasteiger partial charge in [0.1, 0.15) is 6.61 Å². The molecule has 3 amide bonds. The molecule has 0 radical (unpaired) electrons. The molecule has 1 aliphatic heterocycles. The van der Waals surface area contributed by atoms with Crippen LogP contribution in [0.4, 0.5) is 4.79 Å². The highest BCUT2D eigenvalue weighted by atomic mass is 16.7. The van der Waals surface area contributed by atoms with Crippen LogP contribution in [0.2, 0.25) is 0 Å². The number of hydrogen-bond donors (Lipinski definition) is 1. The predicted molar refractivity (Wildman–Crippen MR) is 140 cm³/mol. The Morgan fingerprint density at radius 1 is 0.692 bits per heavy atom. The Kier molecular flexibility index (Phi) is 6.13. The molecular formula is C31H22N2O6. The van der Waals surface area contributed by atoms with Gasteiger partial charge < -0.3 is 14.9 Å². The number of nitrogens with zero attached hydrogens (tertiary/aromatic N) is 1. The molecule has 0 fully saturated rings. The lowest BCUT2D eigenvalue weighted by Crippen LogP contribution is -2.40. The first-order chi connectivity index (χ1) is 19.0. The minimum absolute atomic E-state index is 0.0504. The Morgan fingerprint density at radius 3 is 1.74 bits per heavy atom. The van der Waals surface area contributed by atoms with Crippen molar-refractivity contribution < 1.29 is 28.8 Å². The van der Waals surface area contributed by atoms with Crippen molar-refractivity contribution in [2.75, 3.05) is 6.61 Å². The Balaban J connectivity index is 1.18. The van der Waals surface area contributed by atoms with E-state index in [1.54, 1.807) is 42.5 Å². The van der Waals surface area contributed by atoms with Crippen molar-refractivity contribution in [3.8, 4) is 11.1 Å². The van der Waals surface area contributed by atoms with E-state index in [2.05, 4.69) is 5.32 Å². The third-order valence-electron chi connectivity index (χ3n) is 6.91. The molecule has 0 saturated heterocycles. The van der Waals surface area contributed by atoms with Gasteiger partial charge in [-0.25, -0.2) is 9.59 Å².